The zero-order chi connectivity index (χ0) is 15.5. The first-order chi connectivity index (χ1) is 9.91. The maximum absolute atomic E-state index is 11.8. The van der Waals surface area contributed by atoms with Gasteiger partial charge in [-0.15, -0.1) is 0 Å². The fourth-order valence-corrected chi connectivity index (χ4v) is 4.79. The highest BCUT2D eigenvalue weighted by Gasteiger charge is 2.26. The van der Waals surface area contributed by atoms with Crippen molar-refractivity contribution in [2.75, 3.05) is 12.5 Å². The fourth-order valence-electron chi connectivity index (χ4n) is 2.12. The summed E-state index contributed by atoms with van der Waals surface area (Å²) in [5.41, 5.74) is 1.21. The molecule has 0 atom stereocenters. The van der Waals surface area contributed by atoms with E-state index in [4.69, 9.17) is 0 Å². The van der Waals surface area contributed by atoms with Crippen molar-refractivity contribution in [1.82, 2.24) is 0 Å². The van der Waals surface area contributed by atoms with E-state index in [2.05, 4.69) is 0 Å². The van der Waals surface area contributed by atoms with E-state index in [1.54, 1.807) is 30.3 Å². The van der Waals surface area contributed by atoms with Crippen molar-refractivity contribution < 1.29 is 13.0 Å². The Balaban J connectivity index is 2.82. The van der Waals surface area contributed by atoms with Gasteiger partial charge in [0.2, 0.25) is 0 Å². The standard InChI is InChI=1S/C16H16O3S2/c1-20(2)15(13-9-5-3-6-10-13)16(21(17,18)19)14-11-7-4-8-12-14/h3-12H,1-2H3/b16-15+. The molecular weight excluding hydrogens is 304 g/mol. The van der Waals surface area contributed by atoms with Gasteiger partial charge in [-0.1, -0.05) is 48.5 Å². The number of benzene rings is 2. The molecule has 0 fully saturated rings. The number of hydrogen-bond donors (Lipinski definition) is 0. The van der Waals surface area contributed by atoms with Crippen molar-refractivity contribution in [1.29, 1.82) is 0 Å². The van der Waals surface area contributed by atoms with Gasteiger partial charge >= 0.3 is 0 Å². The molecule has 0 radical (unpaired) electrons. The molecule has 0 aromatic heterocycles. The second-order valence-corrected chi connectivity index (χ2v) is 8.02. The van der Waals surface area contributed by atoms with Crippen molar-refractivity contribution in [2.45, 2.75) is 0 Å². The summed E-state index contributed by atoms with van der Waals surface area (Å²) in [6.45, 7) is 0. The SMILES string of the molecule is C[S+](C)/C(=C(\c1ccccc1)S(=O)(=O)[O-])c1ccccc1. The van der Waals surface area contributed by atoms with E-state index in [0.29, 0.717) is 10.5 Å². The van der Waals surface area contributed by atoms with Gasteiger partial charge in [-0.05, 0) is 17.7 Å². The van der Waals surface area contributed by atoms with Gasteiger partial charge in [-0.2, -0.15) is 0 Å². The first-order valence-electron chi connectivity index (χ1n) is 6.30. The number of hydrogen-bond acceptors (Lipinski definition) is 3. The van der Waals surface area contributed by atoms with Crippen LogP contribution in [-0.2, 0) is 21.0 Å². The summed E-state index contributed by atoms with van der Waals surface area (Å²) in [5, 5.41) is 0. The minimum atomic E-state index is -4.57. The molecule has 0 unspecified atom stereocenters. The maximum Gasteiger partial charge on any atom is 0.179 e. The third kappa shape index (κ3) is 3.75. The van der Waals surface area contributed by atoms with Gasteiger partial charge in [0, 0.05) is 16.5 Å². The Bertz CT molecular complexity index is 734. The summed E-state index contributed by atoms with van der Waals surface area (Å²) in [6, 6.07) is 17.7. The van der Waals surface area contributed by atoms with Crippen molar-refractivity contribution in [3.63, 3.8) is 0 Å². The van der Waals surface area contributed by atoms with Crippen LogP contribution in [0, 0.1) is 0 Å². The van der Waals surface area contributed by atoms with Gasteiger partial charge < -0.3 is 4.55 Å². The van der Waals surface area contributed by atoms with Gasteiger partial charge in [0.25, 0.3) is 0 Å². The molecule has 5 heteroatoms. The maximum atomic E-state index is 11.8. The Morgan fingerprint density at radius 1 is 0.857 bits per heavy atom. The van der Waals surface area contributed by atoms with Crippen LogP contribution in [-0.4, -0.2) is 25.5 Å². The van der Waals surface area contributed by atoms with Gasteiger partial charge in [0.1, 0.15) is 27.5 Å². The van der Waals surface area contributed by atoms with E-state index >= 15 is 0 Å². The highest BCUT2D eigenvalue weighted by molar-refractivity contribution is 8.07. The minimum Gasteiger partial charge on any atom is -0.744 e. The molecule has 0 aliphatic rings. The average molecular weight is 320 g/mol. The van der Waals surface area contributed by atoms with E-state index in [0.717, 1.165) is 5.56 Å². The van der Waals surface area contributed by atoms with Crippen molar-refractivity contribution in [3.8, 4) is 0 Å². The molecule has 2 aromatic rings. The first-order valence-corrected chi connectivity index (χ1v) is 9.75. The lowest BCUT2D eigenvalue weighted by molar-refractivity contribution is 0.476. The molecule has 0 spiro atoms. The number of rotatable bonds is 4. The summed E-state index contributed by atoms with van der Waals surface area (Å²) in [4.78, 5) is 0.458. The molecule has 2 rings (SSSR count). The lowest BCUT2D eigenvalue weighted by Crippen LogP contribution is -2.10. The van der Waals surface area contributed by atoms with Crippen LogP contribution in [0.3, 0.4) is 0 Å². The summed E-state index contributed by atoms with van der Waals surface area (Å²) < 4.78 is 35.5. The third-order valence-electron chi connectivity index (χ3n) is 2.94. The van der Waals surface area contributed by atoms with Crippen LogP contribution >= 0.6 is 0 Å². The Hall–Kier alpha value is -1.56. The van der Waals surface area contributed by atoms with Crippen molar-refractivity contribution in [3.05, 3.63) is 71.8 Å². The van der Waals surface area contributed by atoms with Gasteiger partial charge in [-0.3, -0.25) is 0 Å². The van der Waals surface area contributed by atoms with Gasteiger partial charge in [-0.25, -0.2) is 8.42 Å². The lowest BCUT2D eigenvalue weighted by Gasteiger charge is -2.16. The largest absolute Gasteiger partial charge is 0.744 e. The van der Waals surface area contributed by atoms with Crippen LogP contribution in [0.5, 0.6) is 0 Å². The molecule has 110 valence electrons. The van der Waals surface area contributed by atoms with Crippen LogP contribution in [0.2, 0.25) is 0 Å². The van der Waals surface area contributed by atoms with Crippen LogP contribution in [0.15, 0.2) is 60.7 Å². The summed E-state index contributed by atoms with van der Waals surface area (Å²) in [7, 11) is -4.95. The fraction of sp³-hybridized carbons (Fsp3) is 0.125. The second kappa shape index (κ2) is 6.47. The van der Waals surface area contributed by atoms with Crippen LogP contribution in [0.1, 0.15) is 11.1 Å². The third-order valence-corrected chi connectivity index (χ3v) is 5.26. The van der Waals surface area contributed by atoms with E-state index in [-0.39, 0.29) is 15.8 Å². The van der Waals surface area contributed by atoms with E-state index < -0.39 is 10.1 Å². The lowest BCUT2D eigenvalue weighted by atomic mass is 10.1. The zero-order valence-corrected chi connectivity index (χ0v) is 13.4. The molecule has 0 aliphatic carbocycles. The Labute approximate surface area is 128 Å². The first kappa shape index (κ1) is 15.8. The van der Waals surface area contributed by atoms with Gasteiger partial charge in [0.15, 0.2) is 4.91 Å². The van der Waals surface area contributed by atoms with Crippen LogP contribution in [0.4, 0.5) is 0 Å². The molecule has 0 heterocycles. The average Bonchev–Trinajstić information content (AvgIpc) is 2.44. The smallest absolute Gasteiger partial charge is 0.179 e. The molecular formula is C16H16O3S2. The summed E-state index contributed by atoms with van der Waals surface area (Å²) in [5.74, 6) is 0. The second-order valence-electron chi connectivity index (χ2n) is 4.66. The monoisotopic (exact) mass is 320 g/mol. The minimum absolute atomic E-state index is 0.123. The normalized spacial score (nSPS) is 13.1. The van der Waals surface area contributed by atoms with Crippen molar-refractivity contribution >= 4 is 30.8 Å². The highest BCUT2D eigenvalue weighted by Crippen LogP contribution is 2.33. The van der Waals surface area contributed by atoms with E-state index in [1.807, 2.05) is 42.8 Å². The molecule has 0 amide bonds. The quantitative estimate of drug-likeness (QED) is 0.494. The molecule has 21 heavy (non-hydrogen) atoms. The Morgan fingerprint density at radius 2 is 1.29 bits per heavy atom. The molecule has 0 saturated heterocycles. The predicted octanol–water partition coefficient (Wildman–Crippen LogP) is 2.94. The molecule has 0 aliphatic heterocycles. The molecule has 3 nitrogen and oxygen atoms in total. The summed E-state index contributed by atoms with van der Waals surface area (Å²) >= 11 is 0. The Morgan fingerprint density at radius 3 is 1.67 bits per heavy atom. The summed E-state index contributed by atoms with van der Waals surface area (Å²) in [6.07, 6.45) is 3.83. The topological polar surface area (TPSA) is 57.2 Å². The molecule has 2 aromatic carbocycles. The highest BCUT2D eigenvalue weighted by atomic mass is 32.2. The molecule has 0 bridgehead atoms. The van der Waals surface area contributed by atoms with Crippen LogP contribution < -0.4 is 0 Å². The van der Waals surface area contributed by atoms with Gasteiger partial charge in [0.05, 0.1) is 0 Å². The predicted molar refractivity (Wildman–Crippen MR) is 88.6 cm³/mol. The van der Waals surface area contributed by atoms with Crippen LogP contribution in [0.25, 0.3) is 9.81 Å². The van der Waals surface area contributed by atoms with E-state index in [1.165, 1.54) is 0 Å². The zero-order valence-electron chi connectivity index (χ0n) is 11.8. The Kier molecular flexibility index (Phi) is 4.88. The van der Waals surface area contributed by atoms with E-state index in [9.17, 15) is 13.0 Å². The molecule has 0 saturated carbocycles. The molecule has 0 N–H and O–H groups in total. The van der Waals surface area contributed by atoms with Crippen molar-refractivity contribution in [2.24, 2.45) is 0 Å².